The molecule has 1 N–H and O–H groups in total. The van der Waals surface area contributed by atoms with E-state index in [0.717, 1.165) is 25.7 Å². The molecule has 1 heterocycles. The summed E-state index contributed by atoms with van der Waals surface area (Å²) < 4.78 is 1.43. The van der Waals surface area contributed by atoms with Gasteiger partial charge in [0.05, 0.1) is 5.69 Å². The molecule has 0 atom stereocenters. The third-order valence-electron chi connectivity index (χ3n) is 4.32. The summed E-state index contributed by atoms with van der Waals surface area (Å²) in [7, 11) is 1.82. The van der Waals surface area contributed by atoms with Crippen molar-refractivity contribution in [3.05, 3.63) is 11.4 Å². The molecule has 122 valence electrons. The zero-order chi connectivity index (χ0) is 16.3. The molecule has 7 heteroatoms. The highest BCUT2D eigenvalue weighted by atomic mass is 16.4. The smallest absolute Gasteiger partial charge is 0.358 e. The minimum absolute atomic E-state index is 0.0425. The van der Waals surface area contributed by atoms with E-state index in [9.17, 15) is 9.59 Å². The molecular weight excluding hydrogens is 284 g/mol. The number of likely N-dealkylation sites (N-methyl/N-ethyl adjacent to an activating group) is 1. The van der Waals surface area contributed by atoms with Gasteiger partial charge < -0.3 is 10.0 Å². The van der Waals surface area contributed by atoms with E-state index in [1.807, 2.05) is 20.9 Å². The average molecular weight is 308 g/mol. The van der Waals surface area contributed by atoms with Crippen LogP contribution in [0.15, 0.2) is 0 Å². The molecule has 0 radical (unpaired) electrons. The van der Waals surface area contributed by atoms with Gasteiger partial charge in [0, 0.05) is 13.1 Å². The molecule has 1 aromatic rings. The Kier molecular flexibility index (Phi) is 5.15. The Morgan fingerprint density at radius 3 is 2.50 bits per heavy atom. The van der Waals surface area contributed by atoms with Gasteiger partial charge in [0.2, 0.25) is 5.91 Å². The Morgan fingerprint density at radius 1 is 1.32 bits per heavy atom. The van der Waals surface area contributed by atoms with Crippen LogP contribution in [-0.2, 0) is 11.3 Å². The van der Waals surface area contributed by atoms with Gasteiger partial charge in [-0.25, -0.2) is 9.48 Å². The van der Waals surface area contributed by atoms with Crippen molar-refractivity contribution in [3.8, 4) is 0 Å². The van der Waals surface area contributed by atoms with Gasteiger partial charge in [-0.3, -0.25) is 4.79 Å². The number of hydrogen-bond acceptors (Lipinski definition) is 4. The van der Waals surface area contributed by atoms with Crippen LogP contribution < -0.4 is 0 Å². The number of rotatable bonds is 5. The van der Waals surface area contributed by atoms with E-state index in [4.69, 9.17) is 5.11 Å². The fourth-order valence-corrected chi connectivity index (χ4v) is 3.07. The second-order valence-corrected chi connectivity index (χ2v) is 6.24. The SMILES string of the molecule is CC(C)c1c(C(=O)O)nnn1CC(=O)N(C)C1CCCCC1. The van der Waals surface area contributed by atoms with Crippen molar-refractivity contribution in [3.63, 3.8) is 0 Å². The van der Waals surface area contributed by atoms with Crippen LogP contribution in [0.5, 0.6) is 0 Å². The summed E-state index contributed by atoms with van der Waals surface area (Å²) in [5, 5.41) is 16.7. The van der Waals surface area contributed by atoms with Gasteiger partial charge in [0.25, 0.3) is 0 Å². The quantitative estimate of drug-likeness (QED) is 0.897. The summed E-state index contributed by atoms with van der Waals surface area (Å²) in [6.07, 6.45) is 5.63. The lowest BCUT2D eigenvalue weighted by molar-refractivity contribution is -0.133. The molecule has 1 amide bonds. The molecule has 2 rings (SSSR count). The summed E-state index contributed by atoms with van der Waals surface area (Å²) in [6, 6.07) is 0.284. The lowest BCUT2D eigenvalue weighted by atomic mass is 9.94. The Morgan fingerprint density at radius 2 is 1.95 bits per heavy atom. The van der Waals surface area contributed by atoms with Crippen LogP contribution >= 0.6 is 0 Å². The number of amides is 1. The minimum Gasteiger partial charge on any atom is -0.476 e. The molecule has 0 bridgehead atoms. The van der Waals surface area contributed by atoms with Gasteiger partial charge in [0.15, 0.2) is 5.69 Å². The first kappa shape index (κ1) is 16.5. The van der Waals surface area contributed by atoms with Gasteiger partial charge in [-0.2, -0.15) is 0 Å². The van der Waals surface area contributed by atoms with Gasteiger partial charge in [-0.05, 0) is 18.8 Å². The number of hydrogen-bond donors (Lipinski definition) is 1. The fraction of sp³-hybridized carbons (Fsp3) is 0.733. The van der Waals surface area contributed by atoms with Crippen LogP contribution in [0.3, 0.4) is 0 Å². The normalized spacial score (nSPS) is 16.0. The number of carboxylic acids is 1. The standard InChI is InChI=1S/C15H24N4O3/c1-10(2)14-13(15(21)22)16-17-19(14)9-12(20)18(3)11-7-5-4-6-8-11/h10-11H,4-9H2,1-3H3,(H,21,22). The first-order valence-electron chi connectivity index (χ1n) is 7.84. The van der Waals surface area contributed by atoms with Crippen molar-refractivity contribution in [1.29, 1.82) is 0 Å². The molecule has 0 aliphatic heterocycles. The number of carbonyl (C=O) groups excluding carboxylic acids is 1. The lowest BCUT2D eigenvalue weighted by Gasteiger charge is -2.31. The topological polar surface area (TPSA) is 88.3 Å². The second-order valence-electron chi connectivity index (χ2n) is 6.24. The molecule has 1 aliphatic carbocycles. The van der Waals surface area contributed by atoms with E-state index in [1.165, 1.54) is 11.1 Å². The first-order chi connectivity index (χ1) is 10.4. The van der Waals surface area contributed by atoms with E-state index in [0.29, 0.717) is 5.69 Å². The van der Waals surface area contributed by atoms with Crippen LogP contribution in [0.4, 0.5) is 0 Å². The van der Waals surface area contributed by atoms with Gasteiger partial charge in [-0.1, -0.05) is 38.3 Å². The van der Waals surface area contributed by atoms with E-state index < -0.39 is 5.97 Å². The predicted octanol–water partition coefficient (Wildman–Crippen LogP) is 1.89. The van der Waals surface area contributed by atoms with E-state index >= 15 is 0 Å². The maximum absolute atomic E-state index is 12.5. The maximum Gasteiger partial charge on any atom is 0.358 e. The number of carboxylic acid groups (broad SMARTS) is 1. The molecule has 1 fully saturated rings. The Hall–Kier alpha value is -1.92. The summed E-state index contributed by atoms with van der Waals surface area (Å²) in [5.74, 6) is -1.22. The first-order valence-corrected chi connectivity index (χ1v) is 7.84. The van der Waals surface area contributed by atoms with Crippen LogP contribution in [0.25, 0.3) is 0 Å². The molecule has 0 unspecified atom stereocenters. The summed E-state index contributed by atoms with van der Waals surface area (Å²) in [6.45, 7) is 3.79. The molecule has 7 nitrogen and oxygen atoms in total. The van der Waals surface area contributed by atoms with Gasteiger partial charge in [0.1, 0.15) is 6.54 Å². The van der Waals surface area contributed by atoms with E-state index in [1.54, 1.807) is 4.90 Å². The van der Waals surface area contributed by atoms with Crippen LogP contribution in [0.2, 0.25) is 0 Å². The maximum atomic E-state index is 12.5. The molecule has 1 aromatic heterocycles. The van der Waals surface area contributed by atoms with Crippen molar-refractivity contribution in [2.24, 2.45) is 0 Å². The Balaban J connectivity index is 2.12. The third-order valence-corrected chi connectivity index (χ3v) is 4.32. The number of carbonyl (C=O) groups is 2. The molecule has 1 saturated carbocycles. The van der Waals surface area contributed by atoms with Gasteiger partial charge >= 0.3 is 5.97 Å². The zero-order valence-corrected chi connectivity index (χ0v) is 13.4. The van der Waals surface area contributed by atoms with E-state index in [2.05, 4.69) is 10.3 Å². The second kappa shape index (κ2) is 6.89. The number of aromatic nitrogens is 3. The van der Waals surface area contributed by atoms with Crippen molar-refractivity contribution in [2.75, 3.05) is 7.05 Å². The molecular formula is C15H24N4O3. The van der Waals surface area contributed by atoms with Crippen LogP contribution in [0, 0.1) is 0 Å². The highest BCUT2D eigenvalue weighted by molar-refractivity contribution is 5.87. The van der Waals surface area contributed by atoms with Crippen molar-refractivity contribution >= 4 is 11.9 Å². The fourth-order valence-electron chi connectivity index (χ4n) is 3.07. The summed E-state index contributed by atoms with van der Waals surface area (Å²) in [5.41, 5.74) is 0.431. The summed E-state index contributed by atoms with van der Waals surface area (Å²) in [4.78, 5) is 25.4. The van der Waals surface area contributed by atoms with Crippen LogP contribution in [-0.4, -0.2) is 50.0 Å². The average Bonchev–Trinajstić information content (AvgIpc) is 2.91. The molecule has 22 heavy (non-hydrogen) atoms. The van der Waals surface area contributed by atoms with Crippen molar-refractivity contribution < 1.29 is 14.7 Å². The van der Waals surface area contributed by atoms with Crippen molar-refractivity contribution in [1.82, 2.24) is 19.9 Å². The summed E-state index contributed by atoms with van der Waals surface area (Å²) >= 11 is 0. The number of aromatic carboxylic acids is 1. The molecule has 0 spiro atoms. The molecule has 0 aromatic carbocycles. The zero-order valence-electron chi connectivity index (χ0n) is 13.4. The highest BCUT2D eigenvalue weighted by Gasteiger charge is 2.26. The van der Waals surface area contributed by atoms with Crippen molar-refractivity contribution in [2.45, 2.75) is 64.5 Å². The highest BCUT2D eigenvalue weighted by Crippen LogP contribution is 2.22. The molecule has 0 saturated heterocycles. The predicted molar refractivity (Wildman–Crippen MR) is 80.7 cm³/mol. The third kappa shape index (κ3) is 3.45. The Bertz CT molecular complexity index is 547. The largest absolute Gasteiger partial charge is 0.476 e. The Labute approximate surface area is 130 Å². The van der Waals surface area contributed by atoms with E-state index in [-0.39, 0.29) is 30.1 Å². The van der Waals surface area contributed by atoms with Crippen LogP contribution in [0.1, 0.15) is 68.1 Å². The minimum atomic E-state index is -1.11. The van der Waals surface area contributed by atoms with Gasteiger partial charge in [-0.15, -0.1) is 5.10 Å². The molecule has 1 aliphatic rings. The number of nitrogens with zero attached hydrogens (tertiary/aromatic N) is 4. The lowest BCUT2D eigenvalue weighted by Crippen LogP contribution is -2.40. The monoisotopic (exact) mass is 308 g/mol.